The summed E-state index contributed by atoms with van der Waals surface area (Å²) in [4.78, 5) is 4.33. The van der Waals surface area contributed by atoms with Crippen molar-refractivity contribution in [3.8, 4) is 0 Å². The first-order valence-electron chi connectivity index (χ1n) is 8.32. The number of thiocarbonyl (C=S) groups is 1. The van der Waals surface area contributed by atoms with Crippen LogP contribution in [0.1, 0.15) is 36.8 Å². The Labute approximate surface area is 153 Å². The van der Waals surface area contributed by atoms with E-state index in [9.17, 15) is 0 Å². The van der Waals surface area contributed by atoms with Gasteiger partial charge in [-0.05, 0) is 61.3 Å². The van der Waals surface area contributed by atoms with Crippen molar-refractivity contribution in [1.29, 1.82) is 0 Å². The molecule has 1 aliphatic rings. The van der Waals surface area contributed by atoms with Crippen molar-refractivity contribution in [2.75, 3.05) is 11.9 Å². The third kappa shape index (κ3) is 3.87. The topological polar surface area (TPSA) is 37.0 Å². The fourth-order valence-electron chi connectivity index (χ4n) is 3.44. The standard InChI is InChI=1S/C19H22ClN3S/c1-14-5-4-12-21-17(14)23-18(24)22-13-19(10-2-3-11-19)15-6-8-16(20)9-7-15/h4-9,12H,2-3,10-11,13H2,1H3,(H2,21,22,23,24). The van der Waals surface area contributed by atoms with Gasteiger partial charge in [0.15, 0.2) is 5.11 Å². The Kier molecular flexibility index (Phi) is 5.36. The van der Waals surface area contributed by atoms with Crippen molar-refractivity contribution in [2.24, 2.45) is 0 Å². The molecule has 0 amide bonds. The molecule has 24 heavy (non-hydrogen) atoms. The largest absolute Gasteiger partial charge is 0.362 e. The molecule has 3 rings (SSSR count). The lowest BCUT2D eigenvalue weighted by Crippen LogP contribution is -2.41. The quantitative estimate of drug-likeness (QED) is 0.766. The SMILES string of the molecule is Cc1cccnc1NC(=S)NCC1(c2ccc(Cl)cc2)CCCC1. The van der Waals surface area contributed by atoms with Crippen molar-refractivity contribution in [2.45, 2.75) is 38.0 Å². The normalized spacial score (nSPS) is 15.9. The van der Waals surface area contributed by atoms with E-state index in [2.05, 4.69) is 27.8 Å². The lowest BCUT2D eigenvalue weighted by molar-refractivity contribution is 0.435. The summed E-state index contributed by atoms with van der Waals surface area (Å²) in [6.07, 6.45) is 6.62. The second kappa shape index (κ2) is 7.49. The number of anilines is 1. The van der Waals surface area contributed by atoms with Crippen LogP contribution < -0.4 is 10.6 Å². The molecule has 1 fully saturated rings. The monoisotopic (exact) mass is 359 g/mol. The van der Waals surface area contributed by atoms with Gasteiger partial charge >= 0.3 is 0 Å². The molecule has 3 nitrogen and oxygen atoms in total. The van der Waals surface area contributed by atoms with Crippen LogP contribution >= 0.6 is 23.8 Å². The van der Waals surface area contributed by atoms with E-state index in [1.807, 2.05) is 31.2 Å². The zero-order valence-electron chi connectivity index (χ0n) is 13.8. The first-order chi connectivity index (χ1) is 11.6. The molecule has 126 valence electrons. The van der Waals surface area contributed by atoms with Gasteiger partial charge in [-0.3, -0.25) is 0 Å². The number of nitrogens with zero attached hydrogens (tertiary/aromatic N) is 1. The van der Waals surface area contributed by atoms with Crippen LogP contribution in [-0.2, 0) is 5.41 Å². The summed E-state index contributed by atoms with van der Waals surface area (Å²) in [5.74, 6) is 0.807. The van der Waals surface area contributed by atoms with Crippen LogP contribution in [0.4, 0.5) is 5.82 Å². The molecule has 1 saturated carbocycles. The third-order valence-electron chi connectivity index (χ3n) is 4.85. The first-order valence-corrected chi connectivity index (χ1v) is 9.10. The number of pyridine rings is 1. The summed E-state index contributed by atoms with van der Waals surface area (Å²) in [5.41, 5.74) is 2.55. The highest BCUT2D eigenvalue weighted by Gasteiger charge is 2.35. The molecule has 0 aliphatic heterocycles. The number of benzene rings is 1. The van der Waals surface area contributed by atoms with E-state index < -0.39 is 0 Å². The molecular weight excluding hydrogens is 338 g/mol. The molecule has 0 spiro atoms. The van der Waals surface area contributed by atoms with E-state index in [1.165, 1.54) is 31.2 Å². The summed E-state index contributed by atoms with van der Waals surface area (Å²) in [5, 5.41) is 8.00. The molecule has 0 unspecified atom stereocenters. The molecule has 0 radical (unpaired) electrons. The summed E-state index contributed by atoms with van der Waals surface area (Å²) in [6.45, 7) is 2.84. The Morgan fingerprint density at radius 3 is 2.58 bits per heavy atom. The number of aryl methyl sites for hydroxylation is 1. The Hall–Kier alpha value is -1.65. The molecule has 2 N–H and O–H groups in total. The van der Waals surface area contributed by atoms with Crippen LogP contribution in [0.25, 0.3) is 0 Å². The van der Waals surface area contributed by atoms with Crippen LogP contribution in [0.15, 0.2) is 42.6 Å². The van der Waals surface area contributed by atoms with E-state index in [-0.39, 0.29) is 5.41 Å². The number of halogens is 1. The molecule has 0 atom stereocenters. The van der Waals surface area contributed by atoms with Gasteiger partial charge in [-0.2, -0.15) is 0 Å². The van der Waals surface area contributed by atoms with Gasteiger partial charge in [0.1, 0.15) is 5.82 Å². The van der Waals surface area contributed by atoms with Gasteiger partial charge in [-0.1, -0.05) is 42.6 Å². The second-order valence-corrected chi connectivity index (χ2v) is 7.32. The fourth-order valence-corrected chi connectivity index (χ4v) is 3.74. The summed E-state index contributed by atoms with van der Waals surface area (Å²) in [7, 11) is 0. The number of nitrogens with one attached hydrogen (secondary N) is 2. The minimum atomic E-state index is 0.134. The van der Waals surface area contributed by atoms with Crippen molar-refractivity contribution in [3.63, 3.8) is 0 Å². The fraction of sp³-hybridized carbons (Fsp3) is 0.368. The van der Waals surface area contributed by atoms with Gasteiger partial charge in [0, 0.05) is 23.2 Å². The minimum Gasteiger partial charge on any atom is -0.362 e. The van der Waals surface area contributed by atoms with Gasteiger partial charge in [-0.25, -0.2) is 4.98 Å². The molecular formula is C19H22ClN3S. The predicted octanol–water partition coefficient (Wildman–Crippen LogP) is 4.84. The van der Waals surface area contributed by atoms with Gasteiger partial charge < -0.3 is 10.6 Å². The third-order valence-corrected chi connectivity index (χ3v) is 5.34. The molecule has 1 heterocycles. The summed E-state index contributed by atoms with van der Waals surface area (Å²) >= 11 is 11.5. The Balaban J connectivity index is 1.67. The smallest absolute Gasteiger partial charge is 0.171 e. The number of hydrogen-bond donors (Lipinski definition) is 2. The van der Waals surface area contributed by atoms with Crippen LogP contribution in [0.3, 0.4) is 0 Å². The predicted molar refractivity (Wildman–Crippen MR) is 105 cm³/mol. The maximum absolute atomic E-state index is 6.04. The Morgan fingerprint density at radius 2 is 1.92 bits per heavy atom. The second-order valence-electron chi connectivity index (χ2n) is 6.47. The van der Waals surface area contributed by atoms with Crippen molar-refractivity contribution in [1.82, 2.24) is 10.3 Å². The van der Waals surface area contributed by atoms with Crippen molar-refractivity contribution >= 4 is 34.7 Å². The van der Waals surface area contributed by atoms with Gasteiger partial charge in [0.05, 0.1) is 0 Å². The summed E-state index contributed by atoms with van der Waals surface area (Å²) in [6, 6.07) is 12.2. The molecule has 1 aliphatic carbocycles. The Morgan fingerprint density at radius 1 is 1.21 bits per heavy atom. The first kappa shape index (κ1) is 17.2. The van der Waals surface area contributed by atoms with Gasteiger partial charge in [-0.15, -0.1) is 0 Å². The maximum atomic E-state index is 6.04. The van der Waals surface area contributed by atoms with Gasteiger partial charge in [0.25, 0.3) is 0 Å². The van der Waals surface area contributed by atoms with E-state index >= 15 is 0 Å². The van der Waals surface area contributed by atoms with Crippen molar-refractivity contribution in [3.05, 3.63) is 58.7 Å². The lowest BCUT2D eigenvalue weighted by atomic mass is 9.79. The van der Waals surface area contributed by atoms with E-state index in [1.54, 1.807) is 6.20 Å². The molecule has 1 aromatic heterocycles. The lowest BCUT2D eigenvalue weighted by Gasteiger charge is -2.30. The maximum Gasteiger partial charge on any atom is 0.171 e. The molecule has 1 aromatic carbocycles. The number of hydrogen-bond acceptors (Lipinski definition) is 2. The number of rotatable bonds is 4. The van der Waals surface area contributed by atoms with Crippen LogP contribution in [0.5, 0.6) is 0 Å². The molecule has 0 bridgehead atoms. The highest BCUT2D eigenvalue weighted by molar-refractivity contribution is 7.80. The van der Waals surface area contributed by atoms with Crippen molar-refractivity contribution < 1.29 is 0 Å². The average Bonchev–Trinajstić information content (AvgIpc) is 3.06. The summed E-state index contributed by atoms with van der Waals surface area (Å²) < 4.78 is 0. The minimum absolute atomic E-state index is 0.134. The molecule has 2 aromatic rings. The molecule has 0 saturated heterocycles. The van der Waals surface area contributed by atoms with E-state index in [0.717, 1.165) is 22.9 Å². The molecule has 5 heteroatoms. The van der Waals surface area contributed by atoms with Gasteiger partial charge in [0.2, 0.25) is 0 Å². The average molecular weight is 360 g/mol. The zero-order chi connectivity index (χ0) is 17.0. The Bertz CT molecular complexity index is 709. The zero-order valence-corrected chi connectivity index (χ0v) is 15.4. The van der Waals surface area contributed by atoms with Crippen LogP contribution in [0.2, 0.25) is 5.02 Å². The van der Waals surface area contributed by atoms with Crippen LogP contribution in [0, 0.1) is 6.92 Å². The highest BCUT2D eigenvalue weighted by atomic mass is 35.5. The van der Waals surface area contributed by atoms with E-state index in [0.29, 0.717) is 5.11 Å². The number of aromatic nitrogens is 1. The highest BCUT2D eigenvalue weighted by Crippen LogP contribution is 2.40. The van der Waals surface area contributed by atoms with E-state index in [4.69, 9.17) is 23.8 Å². The van der Waals surface area contributed by atoms with Crippen LogP contribution in [-0.4, -0.2) is 16.6 Å².